The van der Waals surface area contributed by atoms with Gasteiger partial charge in [-0.15, -0.1) is 0 Å². The van der Waals surface area contributed by atoms with E-state index in [4.69, 9.17) is 27.9 Å². The van der Waals surface area contributed by atoms with Crippen LogP contribution in [0.4, 0.5) is 5.69 Å². The summed E-state index contributed by atoms with van der Waals surface area (Å²) in [6.07, 6.45) is 5.84. The second-order valence-electron chi connectivity index (χ2n) is 6.23. The van der Waals surface area contributed by atoms with Crippen LogP contribution in [0.5, 0.6) is 5.75 Å². The lowest BCUT2D eigenvalue weighted by Crippen LogP contribution is -2.13. The summed E-state index contributed by atoms with van der Waals surface area (Å²) in [5, 5.41) is 13.1. The Kier molecular flexibility index (Phi) is 8.87. The summed E-state index contributed by atoms with van der Waals surface area (Å²) in [5.74, 6) is 0.0582. The Hall–Kier alpha value is -2.48. The zero-order chi connectivity index (χ0) is 20.4. The zero-order valence-corrected chi connectivity index (χ0v) is 17.2. The molecule has 0 atom stereocenters. The number of nitrogens with one attached hydrogen (secondary N) is 1. The molecule has 0 radical (unpaired) electrons. The molecule has 0 saturated heterocycles. The van der Waals surface area contributed by atoms with Gasteiger partial charge in [0.05, 0.1) is 6.61 Å². The molecule has 28 heavy (non-hydrogen) atoms. The smallest absolute Gasteiger partial charge is 0.266 e. The molecule has 1 N–H and O–H groups in total. The zero-order valence-electron chi connectivity index (χ0n) is 15.7. The van der Waals surface area contributed by atoms with Gasteiger partial charge in [0.25, 0.3) is 5.91 Å². The van der Waals surface area contributed by atoms with Crippen molar-refractivity contribution >= 4 is 40.9 Å². The van der Waals surface area contributed by atoms with Gasteiger partial charge in [0.2, 0.25) is 0 Å². The average Bonchev–Trinajstić information content (AvgIpc) is 2.67. The Morgan fingerprint density at radius 1 is 1.14 bits per heavy atom. The molecule has 4 nitrogen and oxygen atoms in total. The van der Waals surface area contributed by atoms with Crippen molar-refractivity contribution in [1.82, 2.24) is 0 Å². The highest BCUT2D eigenvalue weighted by atomic mass is 35.5. The molecule has 0 bridgehead atoms. The van der Waals surface area contributed by atoms with Gasteiger partial charge in [-0.2, -0.15) is 5.26 Å². The van der Waals surface area contributed by atoms with Crippen LogP contribution in [0.3, 0.4) is 0 Å². The molecule has 0 aliphatic rings. The number of carbonyl (C=O) groups excluding carboxylic acids is 1. The van der Waals surface area contributed by atoms with Gasteiger partial charge in [0.1, 0.15) is 17.4 Å². The van der Waals surface area contributed by atoms with E-state index in [0.29, 0.717) is 33.7 Å². The summed E-state index contributed by atoms with van der Waals surface area (Å²) >= 11 is 12.0. The summed E-state index contributed by atoms with van der Waals surface area (Å²) in [7, 11) is 0. The molecule has 0 unspecified atom stereocenters. The number of nitrogens with zero attached hydrogens (tertiary/aromatic N) is 1. The van der Waals surface area contributed by atoms with E-state index in [2.05, 4.69) is 12.2 Å². The largest absolute Gasteiger partial charge is 0.493 e. The summed E-state index contributed by atoms with van der Waals surface area (Å²) in [6.45, 7) is 2.72. The molecule has 0 saturated carbocycles. The van der Waals surface area contributed by atoms with E-state index < -0.39 is 5.91 Å². The first kappa shape index (κ1) is 21.8. The van der Waals surface area contributed by atoms with Crippen molar-refractivity contribution in [3.05, 3.63) is 63.6 Å². The van der Waals surface area contributed by atoms with E-state index in [1.807, 2.05) is 6.07 Å². The van der Waals surface area contributed by atoms with Crippen LogP contribution in [0, 0.1) is 11.3 Å². The second kappa shape index (κ2) is 11.4. The third kappa shape index (κ3) is 6.92. The first-order valence-electron chi connectivity index (χ1n) is 9.14. The number of benzene rings is 2. The van der Waals surface area contributed by atoms with Gasteiger partial charge in [-0.1, -0.05) is 55.5 Å². The molecule has 1 amide bonds. The Balaban J connectivity index is 2.16. The number of hydrogen-bond acceptors (Lipinski definition) is 3. The lowest BCUT2D eigenvalue weighted by molar-refractivity contribution is -0.112. The third-order valence-corrected chi connectivity index (χ3v) is 4.44. The Bertz CT molecular complexity index is 888. The van der Waals surface area contributed by atoms with Crippen LogP contribution in [0.1, 0.15) is 38.2 Å². The van der Waals surface area contributed by atoms with Gasteiger partial charge in [-0.25, -0.2) is 0 Å². The number of rotatable bonds is 9. The molecular weight excluding hydrogens is 395 g/mol. The normalized spacial score (nSPS) is 11.0. The van der Waals surface area contributed by atoms with E-state index in [1.165, 1.54) is 12.5 Å². The fraction of sp³-hybridized carbons (Fsp3) is 0.273. The number of ether oxygens (including phenoxy) is 1. The molecule has 0 aliphatic carbocycles. The van der Waals surface area contributed by atoms with E-state index in [1.54, 1.807) is 42.5 Å². The van der Waals surface area contributed by atoms with Crippen LogP contribution < -0.4 is 10.1 Å². The molecule has 0 spiro atoms. The minimum Gasteiger partial charge on any atom is -0.493 e. The van der Waals surface area contributed by atoms with Crippen molar-refractivity contribution in [3.8, 4) is 11.8 Å². The summed E-state index contributed by atoms with van der Waals surface area (Å²) in [5.41, 5.74) is 1.04. The quantitative estimate of drug-likeness (QED) is 0.288. The predicted octanol–water partition coefficient (Wildman–Crippen LogP) is 6.50. The fourth-order valence-corrected chi connectivity index (χ4v) is 2.91. The maximum atomic E-state index is 12.5. The summed E-state index contributed by atoms with van der Waals surface area (Å²) in [4.78, 5) is 12.5. The SMILES string of the molecule is CCCCCCOc1ccc(Cl)cc1C=C(C#N)C(=O)Nc1cccc(Cl)c1. The van der Waals surface area contributed by atoms with E-state index >= 15 is 0 Å². The summed E-state index contributed by atoms with van der Waals surface area (Å²) < 4.78 is 5.84. The highest BCUT2D eigenvalue weighted by Crippen LogP contribution is 2.26. The van der Waals surface area contributed by atoms with Crippen molar-refractivity contribution in [2.75, 3.05) is 11.9 Å². The number of amides is 1. The number of carbonyl (C=O) groups is 1. The number of anilines is 1. The van der Waals surface area contributed by atoms with E-state index in [0.717, 1.165) is 19.3 Å². The third-order valence-electron chi connectivity index (χ3n) is 3.97. The standard InChI is InChI=1S/C22H22Cl2N2O2/c1-2-3-4-5-11-28-21-10-9-19(24)13-16(21)12-17(15-25)22(27)26-20-8-6-7-18(23)14-20/h6-10,12-14H,2-5,11H2,1H3,(H,26,27). The van der Waals surface area contributed by atoms with Crippen LogP contribution in [-0.4, -0.2) is 12.5 Å². The molecule has 0 heterocycles. The Morgan fingerprint density at radius 2 is 1.93 bits per heavy atom. The number of halogens is 2. The molecule has 0 fully saturated rings. The van der Waals surface area contributed by atoms with Crippen LogP contribution >= 0.6 is 23.2 Å². The van der Waals surface area contributed by atoms with Crippen molar-refractivity contribution < 1.29 is 9.53 Å². The van der Waals surface area contributed by atoms with Crippen LogP contribution in [-0.2, 0) is 4.79 Å². The highest BCUT2D eigenvalue weighted by Gasteiger charge is 2.12. The highest BCUT2D eigenvalue weighted by molar-refractivity contribution is 6.31. The van der Waals surface area contributed by atoms with Crippen molar-refractivity contribution in [2.45, 2.75) is 32.6 Å². The lowest BCUT2D eigenvalue weighted by Gasteiger charge is -2.10. The minimum absolute atomic E-state index is 0.0573. The Morgan fingerprint density at radius 3 is 2.64 bits per heavy atom. The van der Waals surface area contributed by atoms with Gasteiger partial charge >= 0.3 is 0 Å². The molecular formula is C22H22Cl2N2O2. The minimum atomic E-state index is -0.529. The van der Waals surface area contributed by atoms with Gasteiger partial charge in [0.15, 0.2) is 0 Å². The van der Waals surface area contributed by atoms with Gasteiger partial charge in [-0.05, 0) is 48.9 Å². The monoisotopic (exact) mass is 416 g/mol. The van der Waals surface area contributed by atoms with E-state index in [9.17, 15) is 10.1 Å². The fourth-order valence-electron chi connectivity index (χ4n) is 2.54. The van der Waals surface area contributed by atoms with Gasteiger partial charge < -0.3 is 10.1 Å². The summed E-state index contributed by atoms with van der Waals surface area (Å²) in [6, 6.07) is 13.8. The number of hydrogen-bond donors (Lipinski definition) is 1. The van der Waals surface area contributed by atoms with Gasteiger partial charge in [0, 0.05) is 21.3 Å². The molecule has 146 valence electrons. The maximum absolute atomic E-state index is 12.5. The molecule has 2 aromatic rings. The van der Waals surface area contributed by atoms with Crippen LogP contribution in [0.15, 0.2) is 48.0 Å². The Labute approximate surface area is 175 Å². The maximum Gasteiger partial charge on any atom is 0.266 e. The molecule has 2 rings (SSSR count). The lowest BCUT2D eigenvalue weighted by atomic mass is 10.1. The van der Waals surface area contributed by atoms with Gasteiger partial charge in [-0.3, -0.25) is 4.79 Å². The molecule has 6 heteroatoms. The average molecular weight is 417 g/mol. The first-order valence-corrected chi connectivity index (χ1v) is 9.90. The second-order valence-corrected chi connectivity index (χ2v) is 7.10. The topological polar surface area (TPSA) is 62.1 Å². The first-order chi connectivity index (χ1) is 13.5. The molecule has 0 aromatic heterocycles. The van der Waals surface area contributed by atoms with Crippen LogP contribution in [0.2, 0.25) is 10.0 Å². The van der Waals surface area contributed by atoms with Crippen molar-refractivity contribution in [3.63, 3.8) is 0 Å². The van der Waals surface area contributed by atoms with Crippen LogP contribution in [0.25, 0.3) is 6.08 Å². The number of unbranched alkanes of at least 4 members (excludes halogenated alkanes) is 3. The van der Waals surface area contributed by atoms with E-state index in [-0.39, 0.29) is 5.57 Å². The molecule has 0 aliphatic heterocycles. The van der Waals surface area contributed by atoms with Crippen molar-refractivity contribution in [1.29, 1.82) is 5.26 Å². The van der Waals surface area contributed by atoms with Crippen molar-refractivity contribution in [2.24, 2.45) is 0 Å². The predicted molar refractivity (Wildman–Crippen MR) is 115 cm³/mol. The molecule has 2 aromatic carbocycles. The number of nitriles is 1.